The van der Waals surface area contributed by atoms with Crippen LogP contribution in [0.4, 0.5) is 15.5 Å². The van der Waals surface area contributed by atoms with E-state index in [2.05, 4.69) is 16.0 Å². The van der Waals surface area contributed by atoms with Crippen LogP contribution >= 0.6 is 11.6 Å². The van der Waals surface area contributed by atoms with Gasteiger partial charge in [0.2, 0.25) is 5.95 Å². The predicted molar refractivity (Wildman–Crippen MR) is 117 cm³/mol. The van der Waals surface area contributed by atoms with Gasteiger partial charge in [0.15, 0.2) is 0 Å². The first kappa shape index (κ1) is 24.1. The maximum absolute atomic E-state index is 12.8. The third kappa shape index (κ3) is 6.40. The second kappa shape index (κ2) is 8.90. The van der Waals surface area contributed by atoms with E-state index in [1.165, 1.54) is 6.07 Å². The van der Waals surface area contributed by atoms with Gasteiger partial charge in [-0.2, -0.15) is 10.2 Å². The van der Waals surface area contributed by atoms with Crippen LogP contribution in [0.2, 0.25) is 5.15 Å². The Labute approximate surface area is 186 Å². The highest BCUT2D eigenvalue weighted by Gasteiger charge is 2.35. The molecule has 1 aromatic carbocycles. The summed E-state index contributed by atoms with van der Waals surface area (Å²) in [6.07, 6.45) is -2.00. The quantitative estimate of drug-likeness (QED) is 0.550. The number of hydrogen-bond acceptors (Lipinski definition) is 7. The Balaban J connectivity index is 2.63. The number of aromatic nitrogens is 2. The van der Waals surface area contributed by atoms with E-state index in [1.54, 1.807) is 66.7 Å². The second-order valence-electron chi connectivity index (χ2n) is 8.76. The lowest BCUT2D eigenvalue weighted by Gasteiger charge is -2.27. The Morgan fingerprint density at radius 2 is 1.58 bits per heavy atom. The highest BCUT2D eigenvalue weighted by atomic mass is 35.5. The van der Waals surface area contributed by atoms with Crippen LogP contribution in [0.3, 0.4) is 0 Å². The van der Waals surface area contributed by atoms with Gasteiger partial charge in [-0.25, -0.2) is 14.6 Å². The van der Waals surface area contributed by atoms with Crippen molar-refractivity contribution >= 4 is 29.7 Å². The van der Waals surface area contributed by atoms with Crippen molar-refractivity contribution in [1.82, 2.24) is 9.97 Å². The van der Waals surface area contributed by atoms with Crippen LogP contribution in [0, 0.1) is 18.3 Å². The molecule has 2 amide bonds. The summed E-state index contributed by atoms with van der Waals surface area (Å²) in [6, 6.07) is 8.73. The van der Waals surface area contributed by atoms with E-state index in [4.69, 9.17) is 21.1 Å². The number of halogens is 1. The Kier molecular flexibility index (Phi) is 6.92. The average Bonchev–Trinajstić information content (AvgIpc) is 2.58. The lowest BCUT2D eigenvalue weighted by atomic mass is 10.0. The van der Waals surface area contributed by atoms with Crippen LogP contribution in [0.5, 0.6) is 0 Å². The molecule has 31 heavy (non-hydrogen) atoms. The summed E-state index contributed by atoms with van der Waals surface area (Å²) in [5, 5.41) is 9.31. The molecular weight excluding hydrogens is 420 g/mol. The van der Waals surface area contributed by atoms with Crippen LogP contribution in [0.25, 0.3) is 11.3 Å². The van der Waals surface area contributed by atoms with Gasteiger partial charge in [-0.05, 0) is 60.1 Å². The number of nitriles is 1. The second-order valence-corrected chi connectivity index (χ2v) is 9.15. The molecule has 164 valence electrons. The van der Waals surface area contributed by atoms with Crippen molar-refractivity contribution in [3.63, 3.8) is 0 Å². The van der Waals surface area contributed by atoms with Crippen molar-refractivity contribution in [3.8, 4) is 17.3 Å². The largest absolute Gasteiger partial charge is 0.443 e. The van der Waals surface area contributed by atoms with Gasteiger partial charge < -0.3 is 9.47 Å². The Morgan fingerprint density at radius 1 is 1.03 bits per heavy atom. The van der Waals surface area contributed by atoms with Crippen molar-refractivity contribution in [1.29, 1.82) is 5.26 Å². The number of carbonyl (C=O) groups is 2. The van der Waals surface area contributed by atoms with Crippen molar-refractivity contribution in [3.05, 3.63) is 40.5 Å². The first-order valence-corrected chi connectivity index (χ1v) is 9.90. The molecule has 0 aliphatic rings. The van der Waals surface area contributed by atoms with E-state index in [-0.39, 0.29) is 11.1 Å². The monoisotopic (exact) mass is 444 g/mol. The number of amides is 2. The molecular formula is C22H25ClN4O4. The van der Waals surface area contributed by atoms with E-state index in [0.29, 0.717) is 27.3 Å². The van der Waals surface area contributed by atoms with Crippen LogP contribution in [0.15, 0.2) is 24.3 Å². The number of rotatable bonds is 2. The first-order chi connectivity index (χ1) is 14.2. The third-order valence-corrected chi connectivity index (χ3v) is 3.96. The van der Waals surface area contributed by atoms with Gasteiger partial charge in [-0.15, -0.1) is 4.90 Å². The molecule has 0 saturated heterocycles. The van der Waals surface area contributed by atoms with Crippen molar-refractivity contribution in [2.45, 2.75) is 59.7 Å². The first-order valence-electron chi connectivity index (χ1n) is 9.52. The molecule has 0 spiro atoms. The van der Waals surface area contributed by atoms with Crippen LogP contribution in [-0.4, -0.2) is 33.4 Å². The Morgan fingerprint density at radius 3 is 2.06 bits per heavy atom. The molecule has 0 bridgehead atoms. The normalized spacial score (nSPS) is 11.5. The number of anilines is 1. The minimum atomic E-state index is -1.00. The highest BCUT2D eigenvalue weighted by molar-refractivity contribution is 6.29. The summed E-state index contributed by atoms with van der Waals surface area (Å²) in [6.45, 7) is 11.8. The van der Waals surface area contributed by atoms with Crippen LogP contribution < -0.4 is 4.90 Å². The van der Waals surface area contributed by atoms with E-state index < -0.39 is 23.4 Å². The smallest absolute Gasteiger partial charge is 0.427 e. The number of carbonyl (C=O) groups excluding carboxylic acids is 2. The summed E-state index contributed by atoms with van der Waals surface area (Å²) >= 11 is 6.20. The van der Waals surface area contributed by atoms with Crippen molar-refractivity contribution in [2.75, 3.05) is 4.90 Å². The van der Waals surface area contributed by atoms with Gasteiger partial charge in [-0.1, -0.05) is 23.7 Å². The zero-order valence-electron chi connectivity index (χ0n) is 18.6. The predicted octanol–water partition coefficient (Wildman–Crippen LogP) is 5.65. The van der Waals surface area contributed by atoms with E-state index >= 15 is 0 Å². The van der Waals surface area contributed by atoms with E-state index in [9.17, 15) is 14.9 Å². The zero-order valence-corrected chi connectivity index (χ0v) is 19.4. The molecule has 9 heteroatoms. The van der Waals surface area contributed by atoms with Gasteiger partial charge >= 0.3 is 12.2 Å². The highest BCUT2D eigenvalue weighted by Crippen LogP contribution is 2.28. The van der Waals surface area contributed by atoms with Crippen LogP contribution in [0.1, 0.15) is 52.7 Å². The molecule has 0 aliphatic carbocycles. The summed E-state index contributed by atoms with van der Waals surface area (Å²) in [7, 11) is 0. The van der Waals surface area contributed by atoms with E-state index in [0.717, 1.165) is 0 Å². The maximum Gasteiger partial charge on any atom is 0.427 e. The fourth-order valence-electron chi connectivity index (χ4n) is 2.53. The van der Waals surface area contributed by atoms with Gasteiger partial charge in [-0.3, -0.25) is 0 Å². The molecule has 0 unspecified atom stereocenters. The number of nitrogens with zero attached hydrogens (tertiary/aromatic N) is 4. The summed E-state index contributed by atoms with van der Waals surface area (Å²) in [5.74, 6) is -0.298. The topological polar surface area (TPSA) is 105 Å². The third-order valence-electron chi connectivity index (χ3n) is 3.77. The zero-order chi connectivity index (χ0) is 23.6. The van der Waals surface area contributed by atoms with Crippen LogP contribution in [-0.2, 0) is 9.47 Å². The van der Waals surface area contributed by atoms with Gasteiger partial charge in [0.05, 0.1) is 17.3 Å². The molecule has 2 aromatic rings. The maximum atomic E-state index is 12.8. The van der Waals surface area contributed by atoms with Crippen molar-refractivity contribution < 1.29 is 19.1 Å². The molecule has 0 atom stereocenters. The molecule has 8 nitrogen and oxygen atoms in total. The lowest BCUT2D eigenvalue weighted by molar-refractivity contribution is 0.0427. The lowest BCUT2D eigenvalue weighted by Crippen LogP contribution is -2.44. The summed E-state index contributed by atoms with van der Waals surface area (Å²) in [5.41, 5.74) is 0.323. The molecule has 2 rings (SSSR count). The number of imide groups is 1. The van der Waals surface area contributed by atoms with Crippen molar-refractivity contribution in [2.24, 2.45) is 0 Å². The fraction of sp³-hybridized carbons (Fsp3) is 0.409. The Hall–Kier alpha value is -3.18. The van der Waals surface area contributed by atoms with E-state index in [1.807, 2.05) is 0 Å². The summed E-state index contributed by atoms with van der Waals surface area (Å²) < 4.78 is 10.7. The standard InChI is InChI=1S/C22H25ClN4O4/c1-13-14(12-24)9-8-10-15(13)16-11-17(23)26-18(25-16)27(19(28)30-21(2,3)4)20(29)31-22(5,6)7/h8-11H,1-7H3. The number of hydrogen-bond donors (Lipinski definition) is 0. The van der Waals surface area contributed by atoms with Gasteiger partial charge in [0.1, 0.15) is 16.4 Å². The molecule has 0 fully saturated rings. The minimum Gasteiger partial charge on any atom is -0.443 e. The molecule has 0 N–H and O–H groups in total. The average molecular weight is 445 g/mol. The minimum absolute atomic E-state index is 0.00104. The van der Waals surface area contributed by atoms with Gasteiger partial charge in [0.25, 0.3) is 0 Å². The molecule has 0 aliphatic heterocycles. The summed E-state index contributed by atoms with van der Waals surface area (Å²) in [4.78, 5) is 34.7. The molecule has 1 heterocycles. The Bertz CT molecular complexity index is 1020. The molecule has 0 radical (unpaired) electrons. The van der Waals surface area contributed by atoms with Gasteiger partial charge in [0, 0.05) is 11.6 Å². The molecule has 1 aromatic heterocycles. The molecule has 0 saturated carbocycles. The number of benzene rings is 1. The SMILES string of the molecule is Cc1c(C#N)cccc1-c1cc(Cl)nc(N(C(=O)OC(C)(C)C)C(=O)OC(C)(C)C)n1. The number of ether oxygens (including phenoxy) is 2. The fourth-order valence-corrected chi connectivity index (χ4v) is 2.71.